The Kier molecular flexibility index (Phi) is 3.33. The molecule has 0 saturated heterocycles. The SMILES string of the molecule is Cn1ccsc1=NC(=O)c1ccc([N+](=O)[O-])cc1. The van der Waals surface area contributed by atoms with Gasteiger partial charge in [0.15, 0.2) is 4.80 Å². The van der Waals surface area contributed by atoms with Crippen LogP contribution in [-0.4, -0.2) is 15.4 Å². The minimum absolute atomic E-state index is 0.0479. The van der Waals surface area contributed by atoms with Crippen molar-refractivity contribution in [3.05, 3.63) is 56.3 Å². The fraction of sp³-hybridized carbons (Fsp3) is 0.0909. The molecule has 0 fully saturated rings. The number of aromatic nitrogens is 1. The molecule has 0 aliphatic heterocycles. The summed E-state index contributed by atoms with van der Waals surface area (Å²) in [4.78, 5) is 26.3. The number of nitro benzene ring substituents is 1. The first-order valence-electron chi connectivity index (χ1n) is 5.01. The van der Waals surface area contributed by atoms with E-state index >= 15 is 0 Å². The van der Waals surface area contributed by atoms with Gasteiger partial charge in [-0.15, -0.1) is 11.3 Å². The van der Waals surface area contributed by atoms with Crippen molar-refractivity contribution in [1.82, 2.24) is 4.57 Å². The molecule has 0 radical (unpaired) electrons. The minimum atomic E-state index is -0.509. The molecule has 0 spiro atoms. The van der Waals surface area contributed by atoms with E-state index in [1.807, 2.05) is 5.38 Å². The van der Waals surface area contributed by atoms with Crippen molar-refractivity contribution in [3.63, 3.8) is 0 Å². The van der Waals surface area contributed by atoms with Crippen LogP contribution in [0.15, 0.2) is 40.8 Å². The van der Waals surface area contributed by atoms with Crippen molar-refractivity contribution in [2.75, 3.05) is 0 Å². The first-order chi connectivity index (χ1) is 8.58. The Labute approximate surface area is 106 Å². The number of benzene rings is 1. The van der Waals surface area contributed by atoms with Crippen LogP contribution >= 0.6 is 11.3 Å². The lowest BCUT2D eigenvalue weighted by molar-refractivity contribution is -0.384. The summed E-state index contributed by atoms with van der Waals surface area (Å²) in [5, 5.41) is 12.3. The standard InChI is InChI=1S/C11H9N3O3S/c1-13-6-7-18-11(13)12-10(15)8-2-4-9(5-3-8)14(16)17/h2-7H,1H3. The third-order valence-electron chi connectivity index (χ3n) is 2.28. The molecule has 0 aliphatic rings. The fourth-order valence-corrected chi connectivity index (χ4v) is 2.04. The molecular formula is C11H9N3O3S. The molecule has 0 unspecified atom stereocenters. The monoisotopic (exact) mass is 263 g/mol. The van der Waals surface area contributed by atoms with Gasteiger partial charge in [0.05, 0.1) is 4.92 Å². The maximum Gasteiger partial charge on any atom is 0.279 e. The van der Waals surface area contributed by atoms with E-state index in [0.717, 1.165) is 0 Å². The van der Waals surface area contributed by atoms with Crippen LogP contribution in [-0.2, 0) is 7.05 Å². The number of hydrogen-bond donors (Lipinski definition) is 0. The van der Waals surface area contributed by atoms with Crippen molar-refractivity contribution >= 4 is 22.9 Å². The van der Waals surface area contributed by atoms with Gasteiger partial charge in [0, 0.05) is 36.3 Å². The van der Waals surface area contributed by atoms with Crippen LogP contribution in [0.5, 0.6) is 0 Å². The number of thiazole rings is 1. The molecule has 0 saturated carbocycles. The largest absolute Gasteiger partial charge is 0.327 e. The van der Waals surface area contributed by atoms with Gasteiger partial charge >= 0.3 is 0 Å². The lowest BCUT2D eigenvalue weighted by Gasteiger charge is -1.95. The van der Waals surface area contributed by atoms with Crippen molar-refractivity contribution in [2.45, 2.75) is 0 Å². The number of rotatable bonds is 2. The van der Waals surface area contributed by atoms with Gasteiger partial charge in [-0.1, -0.05) is 0 Å². The zero-order chi connectivity index (χ0) is 13.1. The van der Waals surface area contributed by atoms with Crippen LogP contribution in [0.4, 0.5) is 5.69 Å². The van der Waals surface area contributed by atoms with E-state index in [0.29, 0.717) is 10.4 Å². The average molecular weight is 263 g/mol. The fourth-order valence-electron chi connectivity index (χ4n) is 1.31. The van der Waals surface area contributed by atoms with Crippen molar-refractivity contribution in [2.24, 2.45) is 12.0 Å². The van der Waals surface area contributed by atoms with Crippen LogP contribution in [0.25, 0.3) is 0 Å². The summed E-state index contributed by atoms with van der Waals surface area (Å²) in [5.41, 5.74) is 0.280. The highest BCUT2D eigenvalue weighted by Gasteiger charge is 2.08. The van der Waals surface area contributed by atoms with E-state index < -0.39 is 10.8 Å². The van der Waals surface area contributed by atoms with Crippen LogP contribution in [0.2, 0.25) is 0 Å². The normalized spacial score (nSPS) is 11.5. The maximum absolute atomic E-state index is 11.8. The molecule has 1 heterocycles. The lowest BCUT2D eigenvalue weighted by Crippen LogP contribution is -2.12. The number of non-ortho nitro benzene ring substituents is 1. The van der Waals surface area contributed by atoms with E-state index in [1.54, 1.807) is 17.8 Å². The Morgan fingerprint density at radius 2 is 2.06 bits per heavy atom. The van der Waals surface area contributed by atoms with Gasteiger partial charge in [-0.2, -0.15) is 4.99 Å². The van der Waals surface area contributed by atoms with Gasteiger partial charge in [-0.05, 0) is 12.1 Å². The Balaban J connectivity index is 2.30. The quantitative estimate of drug-likeness (QED) is 0.611. The Bertz CT molecular complexity index is 655. The van der Waals surface area contributed by atoms with Crippen LogP contribution < -0.4 is 4.80 Å². The predicted molar refractivity (Wildman–Crippen MR) is 66.3 cm³/mol. The Hall–Kier alpha value is -2.28. The second-order valence-corrected chi connectivity index (χ2v) is 4.39. The Morgan fingerprint density at radius 1 is 1.39 bits per heavy atom. The van der Waals surface area contributed by atoms with Gasteiger partial charge in [-0.3, -0.25) is 14.9 Å². The first kappa shape index (κ1) is 12.2. The van der Waals surface area contributed by atoms with E-state index in [-0.39, 0.29) is 5.69 Å². The van der Waals surface area contributed by atoms with E-state index in [4.69, 9.17) is 0 Å². The third-order valence-corrected chi connectivity index (χ3v) is 3.13. The van der Waals surface area contributed by atoms with Gasteiger partial charge in [0.1, 0.15) is 0 Å². The zero-order valence-corrected chi connectivity index (χ0v) is 10.3. The summed E-state index contributed by atoms with van der Waals surface area (Å²) >= 11 is 1.35. The highest BCUT2D eigenvalue weighted by Crippen LogP contribution is 2.12. The maximum atomic E-state index is 11.8. The lowest BCUT2D eigenvalue weighted by atomic mass is 10.2. The number of aryl methyl sites for hydroxylation is 1. The topological polar surface area (TPSA) is 77.5 Å². The van der Waals surface area contributed by atoms with Crippen molar-refractivity contribution in [1.29, 1.82) is 0 Å². The molecule has 0 N–H and O–H groups in total. The second kappa shape index (κ2) is 4.92. The number of nitro groups is 1. The van der Waals surface area contributed by atoms with Crippen LogP contribution in [0, 0.1) is 10.1 Å². The van der Waals surface area contributed by atoms with Crippen LogP contribution in [0.3, 0.4) is 0 Å². The number of hydrogen-bond acceptors (Lipinski definition) is 4. The summed E-state index contributed by atoms with van der Waals surface area (Å²) < 4.78 is 1.73. The predicted octanol–water partition coefficient (Wildman–Crippen LogP) is 1.74. The molecule has 1 aromatic heterocycles. The molecule has 0 atom stereocenters. The first-order valence-corrected chi connectivity index (χ1v) is 5.89. The smallest absolute Gasteiger partial charge is 0.279 e. The molecule has 7 heteroatoms. The van der Waals surface area contributed by atoms with Gasteiger partial charge < -0.3 is 4.57 Å². The molecule has 2 rings (SSSR count). The van der Waals surface area contributed by atoms with Crippen molar-refractivity contribution < 1.29 is 9.72 Å². The summed E-state index contributed by atoms with van der Waals surface area (Å²) in [6, 6.07) is 5.38. The number of carbonyl (C=O) groups is 1. The van der Waals surface area contributed by atoms with Crippen LogP contribution in [0.1, 0.15) is 10.4 Å². The summed E-state index contributed by atoms with van der Waals surface area (Å²) in [6.45, 7) is 0. The van der Waals surface area contributed by atoms with Gasteiger partial charge in [0.2, 0.25) is 0 Å². The highest BCUT2D eigenvalue weighted by atomic mass is 32.1. The molecule has 92 valence electrons. The Morgan fingerprint density at radius 3 is 2.56 bits per heavy atom. The summed E-state index contributed by atoms with van der Waals surface area (Å²) in [5.74, 6) is -0.414. The zero-order valence-electron chi connectivity index (χ0n) is 9.44. The second-order valence-electron chi connectivity index (χ2n) is 3.52. The number of carbonyl (C=O) groups excluding carboxylic acids is 1. The number of nitrogens with zero attached hydrogens (tertiary/aromatic N) is 3. The summed E-state index contributed by atoms with van der Waals surface area (Å²) in [6.07, 6.45) is 1.80. The molecule has 0 bridgehead atoms. The number of amides is 1. The van der Waals surface area contributed by atoms with Gasteiger partial charge in [-0.25, -0.2) is 0 Å². The van der Waals surface area contributed by atoms with Gasteiger partial charge in [0.25, 0.3) is 11.6 Å². The summed E-state index contributed by atoms with van der Waals surface area (Å²) in [7, 11) is 1.79. The molecule has 0 aliphatic carbocycles. The average Bonchev–Trinajstić information content (AvgIpc) is 2.75. The minimum Gasteiger partial charge on any atom is -0.327 e. The molecule has 1 aromatic carbocycles. The highest BCUT2D eigenvalue weighted by molar-refractivity contribution is 7.07. The molecule has 18 heavy (non-hydrogen) atoms. The van der Waals surface area contributed by atoms with Crippen molar-refractivity contribution in [3.8, 4) is 0 Å². The molecule has 2 aromatic rings. The van der Waals surface area contributed by atoms with E-state index in [9.17, 15) is 14.9 Å². The molecular weight excluding hydrogens is 254 g/mol. The van der Waals surface area contributed by atoms with E-state index in [1.165, 1.54) is 35.6 Å². The van der Waals surface area contributed by atoms with E-state index in [2.05, 4.69) is 4.99 Å². The third kappa shape index (κ3) is 2.51. The molecule has 1 amide bonds. The molecule has 6 nitrogen and oxygen atoms in total.